The molecule has 1 aromatic rings. The lowest BCUT2D eigenvalue weighted by molar-refractivity contribution is -0.125. The minimum Gasteiger partial charge on any atom is -0.383 e. The van der Waals surface area contributed by atoms with Crippen LogP contribution in [0.3, 0.4) is 0 Å². The summed E-state index contributed by atoms with van der Waals surface area (Å²) in [5.74, 6) is -0.321. The summed E-state index contributed by atoms with van der Waals surface area (Å²) in [5.41, 5.74) is 1.96. The molecule has 0 bridgehead atoms. The van der Waals surface area contributed by atoms with Crippen molar-refractivity contribution in [1.82, 2.24) is 15.5 Å². The predicted molar refractivity (Wildman–Crippen MR) is 96.1 cm³/mol. The highest BCUT2D eigenvalue weighted by Gasteiger charge is 2.32. The van der Waals surface area contributed by atoms with E-state index in [2.05, 4.69) is 10.6 Å². The largest absolute Gasteiger partial charge is 0.383 e. The third kappa shape index (κ3) is 4.22. The van der Waals surface area contributed by atoms with Crippen LogP contribution >= 0.6 is 23.2 Å². The van der Waals surface area contributed by atoms with Crippen molar-refractivity contribution >= 4 is 35.0 Å². The number of aryl methyl sites for hydroxylation is 1. The molecule has 1 aromatic carbocycles. The summed E-state index contributed by atoms with van der Waals surface area (Å²) >= 11 is 11.9. The smallest absolute Gasteiger partial charge is 0.270 e. The van der Waals surface area contributed by atoms with Crippen LogP contribution in [-0.4, -0.2) is 43.4 Å². The summed E-state index contributed by atoms with van der Waals surface area (Å²) in [6.07, 6.45) is 1.56. The van der Waals surface area contributed by atoms with E-state index in [4.69, 9.17) is 23.2 Å². The molecule has 2 rings (SSSR count). The Morgan fingerprint density at radius 2 is 2.04 bits per heavy atom. The highest BCUT2D eigenvalue weighted by Crippen LogP contribution is 2.23. The van der Waals surface area contributed by atoms with Crippen molar-refractivity contribution in [2.75, 3.05) is 26.7 Å². The fraction of sp³-hybridized carbons (Fsp3) is 0.412. The van der Waals surface area contributed by atoms with Crippen LogP contribution in [0.2, 0.25) is 10.0 Å². The normalized spacial score (nSPS) is 14.3. The van der Waals surface area contributed by atoms with Gasteiger partial charge in [0.05, 0.1) is 22.2 Å². The van der Waals surface area contributed by atoms with Gasteiger partial charge in [0.15, 0.2) is 0 Å². The third-order valence-electron chi connectivity index (χ3n) is 3.97. The summed E-state index contributed by atoms with van der Waals surface area (Å²) in [6, 6.07) is 5.53. The second-order valence-corrected chi connectivity index (χ2v) is 6.35. The first kappa shape index (κ1) is 18.6. The highest BCUT2D eigenvalue weighted by atomic mass is 35.5. The van der Waals surface area contributed by atoms with Crippen molar-refractivity contribution in [2.45, 2.75) is 19.8 Å². The summed E-state index contributed by atoms with van der Waals surface area (Å²) < 4.78 is 0. The summed E-state index contributed by atoms with van der Waals surface area (Å²) in [4.78, 5) is 26.0. The van der Waals surface area contributed by atoms with Gasteiger partial charge < -0.3 is 15.5 Å². The van der Waals surface area contributed by atoms with E-state index in [9.17, 15) is 9.59 Å². The van der Waals surface area contributed by atoms with E-state index in [0.717, 1.165) is 18.4 Å². The van der Waals surface area contributed by atoms with Crippen LogP contribution in [0.15, 0.2) is 29.5 Å². The predicted octanol–water partition coefficient (Wildman–Crippen LogP) is 2.38. The first-order valence-electron chi connectivity index (χ1n) is 7.90. The zero-order valence-corrected chi connectivity index (χ0v) is 15.3. The molecule has 2 N–H and O–H groups in total. The van der Waals surface area contributed by atoms with E-state index in [1.165, 1.54) is 0 Å². The average molecular weight is 370 g/mol. The molecule has 130 valence electrons. The van der Waals surface area contributed by atoms with Crippen molar-refractivity contribution in [3.63, 3.8) is 0 Å². The van der Waals surface area contributed by atoms with Gasteiger partial charge in [-0.1, -0.05) is 29.3 Å². The van der Waals surface area contributed by atoms with E-state index in [-0.39, 0.29) is 11.8 Å². The Morgan fingerprint density at radius 3 is 2.67 bits per heavy atom. The van der Waals surface area contributed by atoms with Gasteiger partial charge in [0.2, 0.25) is 0 Å². The van der Waals surface area contributed by atoms with E-state index < -0.39 is 0 Å². The van der Waals surface area contributed by atoms with Crippen molar-refractivity contribution in [2.24, 2.45) is 0 Å². The number of amides is 2. The number of carbonyl (C=O) groups excluding carboxylic acids is 2. The van der Waals surface area contributed by atoms with Crippen LogP contribution < -0.4 is 10.6 Å². The Bertz CT molecular complexity index is 674. The number of hydrogen-bond acceptors (Lipinski definition) is 3. The molecule has 0 spiro atoms. The van der Waals surface area contributed by atoms with E-state index >= 15 is 0 Å². The minimum absolute atomic E-state index is 0.124. The Hall–Kier alpha value is -1.72. The highest BCUT2D eigenvalue weighted by molar-refractivity contribution is 6.42. The fourth-order valence-corrected chi connectivity index (χ4v) is 2.94. The van der Waals surface area contributed by atoms with Crippen LogP contribution in [0.5, 0.6) is 0 Å². The number of carbonyl (C=O) groups is 2. The molecule has 0 unspecified atom stereocenters. The van der Waals surface area contributed by atoms with Gasteiger partial charge in [-0.3, -0.25) is 9.59 Å². The SMILES string of the molecule is CCN1CC(C(=O)NCCCc2ccc(Cl)c(Cl)c2)=C(NC)C1=O. The molecule has 1 aliphatic rings. The number of rotatable bonds is 7. The fourth-order valence-electron chi connectivity index (χ4n) is 2.62. The molecule has 2 amide bonds. The zero-order valence-electron chi connectivity index (χ0n) is 13.8. The first-order valence-corrected chi connectivity index (χ1v) is 8.65. The van der Waals surface area contributed by atoms with Crippen LogP contribution in [0.4, 0.5) is 0 Å². The van der Waals surface area contributed by atoms with Gasteiger partial charge in [-0.2, -0.15) is 0 Å². The molecule has 0 radical (unpaired) electrons. The molecule has 0 saturated carbocycles. The number of nitrogens with one attached hydrogen (secondary N) is 2. The van der Waals surface area contributed by atoms with Gasteiger partial charge in [-0.05, 0) is 37.5 Å². The molecule has 0 atom stereocenters. The van der Waals surface area contributed by atoms with Crippen molar-refractivity contribution < 1.29 is 9.59 Å². The number of nitrogens with zero attached hydrogens (tertiary/aromatic N) is 1. The molecular weight excluding hydrogens is 349 g/mol. The molecule has 24 heavy (non-hydrogen) atoms. The van der Waals surface area contributed by atoms with Gasteiger partial charge in [-0.15, -0.1) is 0 Å². The Kier molecular flexibility index (Phi) is 6.52. The molecule has 1 heterocycles. The second-order valence-electron chi connectivity index (χ2n) is 5.53. The molecule has 0 saturated heterocycles. The van der Waals surface area contributed by atoms with E-state index in [0.29, 0.717) is 40.9 Å². The van der Waals surface area contributed by atoms with Crippen molar-refractivity contribution in [3.8, 4) is 0 Å². The first-order chi connectivity index (χ1) is 11.5. The molecule has 0 fully saturated rings. The van der Waals surface area contributed by atoms with Crippen LogP contribution in [0.25, 0.3) is 0 Å². The van der Waals surface area contributed by atoms with Crippen molar-refractivity contribution in [1.29, 1.82) is 0 Å². The maximum absolute atomic E-state index is 12.3. The lowest BCUT2D eigenvalue weighted by atomic mass is 10.1. The topological polar surface area (TPSA) is 61.4 Å². The second kappa shape index (κ2) is 8.40. The third-order valence-corrected chi connectivity index (χ3v) is 4.71. The Morgan fingerprint density at radius 1 is 1.29 bits per heavy atom. The summed E-state index contributed by atoms with van der Waals surface area (Å²) in [5, 5.41) is 6.78. The standard InChI is InChI=1S/C17H21Cl2N3O2/c1-3-22-10-12(15(20-2)17(22)24)16(23)21-8-4-5-11-6-7-13(18)14(19)9-11/h6-7,9,20H,3-5,8,10H2,1-2H3,(H,21,23). The van der Waals surface area contributed by atoms with E-state index in [1.54, 1.807) is 18.0 Å². The summed E-state index contributed by atoms with van der Waals surface area (Å²) in [7, 11) is 1.66. The number of hydrogen-bond donors (Lipinski definition) is 2. The van der Waals surface area contributed by atoms with Crippen LogP contribution in [-0.2, 0) is 16.0 Å². The molecule has 0 aromatic heterocycles. The maximum atomic E-state index is 12.3. The molecule has 7 heteroatoms. The quantitative estimate of drug-likeness (QED) is 0.725. The minimum atomic E-state index is -0.196. The lowest BCUT2D eigenvalue weighted by Gasteiger charge is -2.13. The van der Waals surface area contributed by atoms with Gasteiger partial charge in [0.25, 0.3) is 11.8 Å². The average Bonchev–Trinajstić information content (AvgIpc) is 2.90. The molecule has 0 aliphatic carbocycles. The Balaban J connectivity index is 1.85. The van der Waals surface area contributed by atoms with Gasteiger partial charge in [-0.25, -0.2) is 0 Å². The van der Waals surface area contributed by atoms with Crippen LogP contribution in [0, 0.1) is 0 Å². The van der Waals surface area contributed by atoms with Crippen LogP contribution in [0.1, 0.15) is 18.9 Å². The van der Waals surface area contributed by atoms with Gasteiger partial charge >= 0.3 is 0 Å². The zero-order chi connectivity index (χ0) is 17.7. The Labute approximate surface area is 152 Å². The molecule has 5 nitrogen and oxygen atoms in total. The monoisotopic (exact) mass is 369 g/mol. The van der Waals surface area contributed by atoms with Gasteiger partial charge in [0.1, 0.15) is 5.70 Å². The maximum Gasteiger partial charge on any atom is 0.270 e. The molecular formula is C17H21Cl2N3O2. The number of halogens is 2. The molecule has 1 aliphatic heterocycles. The number of benzene rings is 1. The summed E-state index contributed by atoms with van der Waals surface area (Å²) in [6.45, 7) is 3.35. The van der Waals surface area contributed by atoms with E-state index in [1.807, 2.05) is 19.1 Å². The van der Waals surface area contributed by atoms with Crippen molar-refractivity contribution in [3.05, 3.63) is 45.1 Å². The lowest BCUT2D eigenvalue weighted by Crippen LogP contribution is -2.30. The number of likely N-dealkylation sites (N-methyl/N-ethyl adjacent to an activating group) is 2. The van der Waals surface area contributed by atoms with Gasteiger partial charge in [0, 0.05) is 20.1 Å².